The van der Waals surface area contributed by atoms with Crippen LogP contribution in [-0.2, 0) is 16.0 Å². The summed E-state index contributed by atoms with van der Waals surface area (Å²) in [6, 6.07) is 18.1. The molecule has 0 saturated carbocycles. The molecule has 0 aliphatic heterocycles. The van der Waals surface area contributed by atoms with Crippen LogP contribution in [-0.4, -0.2) is 22.6 Å². The molecule has 0 aromatic heterocycles. The molecule has 8 nitrogen and oxygen atoms in total. The first-order valence-corrected chi connectivity index (χ1v) is 10.7. The number of ether oxygens (including phenoxy) is 1. The summed E-state index contributed by atoms with van der Waals surface area (Å²) in [5.41, 5.74) is 1.50. The van der Waals surface area contributed by atoms with Crippen LogP contribution in [0.25, 0.3) is 0 Å². The van der Waals surface area contributed by atoms with Crippen LogP contribution in [0, 0.1) is 10.1 Å². The molecule has 0 aliphatic rings. The highest BCUT2D eigenvalue weighted by atomic mass is 35.5. The number of non-ortho nitro benzene ring substituents is 1. The van der Waals surface area contributed by atoms with Gasteiger partial charge in [-0.15, -0.1) is 0 Å². The monoisotopic (exact) mass is 480 g/mol. The zero-order chi connectivity index (χ0) is 24.7. The molecule has 174 valence electrons. The SMILES string of the molecule is CC(=O)Oc1cccc(C(=O)CC(NC(=O)Cc2ccc([N+](=O)[O-])cc2)c2cccc(Cl)c2)c1. The Bertz CT molecular complexity index is 1230. The van der Waals surface area contributed by atoms with Crippen LogP contribution in [0.2, 0.25) is 5.02 Å². The van der Waals surface area contributed by atoms with Gasteiger partial charge in [-0.1, -0.05) is 48.0 Å². The van der Waals surface area contributed by atoms with E-state index in [1.54, 1.807) is 42.5 Å². The zero-order valence-electron chi connectivity index (χ0n) is 18.2. The van der Waals surface area contributed by atoms with Crippen molar-refractivity contribution in [1.82, 2.24) is 5.32 Å². The van der Waals surface area contributed by atoms with Crippen molar-refractivity contribution in [3.05, 3.63) is 105 Å². The number of rotatable bonds is 9. The maximum absolute atomic E-state index is 13.0. The van der Waals surface area contributed by atoms with Crippen LogP contribution >= 0.6 is 11.6 Å². The summed E-state index contributed by atoms with van der Waals surface area (Å²) in [5, 5.41) is 14.1. The Morgan fingerprint density at radius 1 is 1.03 bits per heavy atom. The molecule has 0 fully saturated rings. The highest BCUT2D eigenvalue weighted by molar-refractivity contribution is 6.30. The quantitative estimate of drug-likeness (QED) is 0.154. The number of hydrogen-bond donors (Lipinski definition) is 1. The molecule has 1 N–H and O–H groups in total. The Morgan fingerprint density at radius 3 is 2.38 bits per heavy atom. The lowest BCUT2D eigenvalue weighted by molar-refractivity contribution is -0.384. The second-order valence-corrected chi connectivity index (χ2v) is 7.96. The van der Waals surface area contributed by atoms with Gasteiger partial charge in [0, 0.05) is 36.1 Å². The van der Waals surface area contributed by atoms with Gasteiger partial charge in [0.15, 0.2) is 5.78 Å². The van der Waals surface area contributed by atoms with Crippen molar-refractivity contribution in [3.63, 3.8) is 0 Å². The Hall–Kier alpha value is -4.04. The fourth-order valence-corrected chi connectivity index (χ4v) is 3.54. The molecule has 0 heterocycles. The van der Waals surface area contributed by atoms with Crippen LogP contribution in [0.5, 0.6) is 5.75 Å². The standard InChI is InChI=1S/C25H21ClN2O6/c1-16(29)34-22-7-3-5-19(14-22)24(30)15-23(18-4-2-6-20(26)13-18)27-25(31)12-17-8-10-21(11-9-17)28(32)33/h2-11,13-14,23H,12,15H2,1H3,(H,27,31). The number of nitrogens with one attached hydrogen (secondary N) is 1. The van der Waals surface area contributed by atoms with Crippen LogP contribution in [0.3, 0.4) is 0 Å². The Kier molecular flexibility index (Phi) is 8.10. The van der Waals surface area contributed by atoms with Crippen LogP contribution < -0.4 is 10.1 Å². The summed E-state index contributed by atoms with van der Waals surface area (Å²) in [6.45, 7) is 1.27. The second kappa shape index (κ2) is 11.2. The van der Waals surface area contributed by atoms with Crippen molar-refractivity contribution in [2.45, 2.75) is 25.8 Å². The van der Waals surface area contributed by atoms with Crippen molar-refractivity contribution in [1.29, 1.82) is 0 Å². The number of nitro groups is 1. The van der Waals surface area contributed by atoms with Gasteiger partial charge in [0.2, 0.25) is 5.91 Å². The van der Waals surface area contributed by atoms with Crippen molar-refractivity contribution in [2.24, 2.45) is 0 Å². The molecule has 3 rings (SSSR count). The molecule has 34 heavy (non-hydrogen) atoms. The number of ketones is 1. The lowest BCUT2D eigenvalue weighted by Crippen LogP contribution is -2.31. The van der Waals surface area contributed by atoms with E-state index in [2.05, 4.69) is 5.32 Å². The minimum Gasteiger partial charge on any atom is -0.427 e. The molecule has 0 aliphatic carbocycles. The Morgan fingerprint density at radius 2 is 1.74 bits per heavy atom. The second-order valence-electron chi connectivity index (χ2n) is 7.52. The fourth-order valence-electron chi connectivity index (χ4n) is 3.34. The molecule has 3 aromatic rings. The maximum atomic E-state index is 13.0. The number of nitro benzene ring substituents is 1. The number of nitrogens with zero attached hydrogens (tertiary/aromatic N) is 1. The summed E-state index contributed by atoms with van der Waals surface area (Å²) in [6.07, 6.45) is -0.0823. The Balaban J connectivity index is 1.77. The molecule has 1 unspecified atom stereocenters. The van der Waals surface area contributed by atoms with E-state index in [9.17, 15) is 24.5 Å². The lowest BCUT2D eigenvalue weighted by Gasteiger charge is -2.19. The van der Waals surface area contributed by atoms with E-state index in [-0.39, 0.29) is 36.0 Å². The van der Waals surface area contributed by atoms with Gasteiger partial charge in [-0.25, -0.2) is 0 Å². The molecular formula is C25H21ClN2O6. The van der Waals surface area contributed by atoms with Crippen LogP contribution in [0.4, 0.5) is 5.69 Å². The molecule has 1 atom stereocenters. The molecule has 0 bridgehead atoms. The highest BCUT2D eigenvalue weighted by Crippen LogP contribution is 2.24. The number of halogens is 1. The van der Waals surface area contributed by atoms with E-state index < -0.39 is 16.9 Å². The summed E-state index contributed by atoms with van der Waals surface area (Å²) in [5.74, 6) is -0.880. The first kappa shape index (κ1) is 24.6. The maximum Gasteiger partial charge on any atom is 0.308 e. The largest absolute Gasteiger partial charge is 0.427 e. The third-order valence-corrected chi connectivity index (χ3v) is 5.14. The number of benzene rings is 3. The highest BCUT2D eigenvalue weighted by Gasteiger charge is 2.21. The van der Waals surface area contributed by atoms with E-state index in [4.69, 9.17) is 16.3 Å². The van der Waals surface area contributed by atoms with E-state index in [0.29, 0.717) is 21.7 Å². The van der Waals surface area contributed by atoms with E-state index in [0.717, 1.165) is 0 Å². The molecule has 1 amide bonds. The molecule has 3 aromatic carbocycles. The third-order valence-electron chi connectivity index (χ3n) is 4.91. The lowest BCUT2D eigenvalue weighted by atomic mass is 9.97. The average Bonchev–Trinajstić information content (AvgIpc) is 2.78. The minimum absolute atomic E-state index is 0.0226. The van der Waals surface area contributed by atoms with Gasteiger partial charge in [-0.05, 0) is 35.4 Å². The van der Waals surface area contributed by atoms with E-state index in [1.165, 1.54) is 37.3 Å². The molecule has 0 spiro atoms. The van der Waals surface area contributed by atoms with Crippen molar-refractivity contribution in [2.75, 3.05) is 0 Å². The fraction of sp³-hybridized carbons (Fsp3) is 0.160. The number of carbonyl (C=O) groups excluding carboxylic acids is 3. The summed E-state index contributed by atoms with van der Waals surface area (Å²) < 4.78 is 5.04. The Labute approximate surface area is 200 Å². The summed E-state index contributed by atoms with van der Waals surface area (Å²) >= 11 is 6.12. The normalized spacial score (nSPS) is 11.4. The number of esters is 1. The average molecular weight is 481 g/mol. The number of carbonyl (C=O) groups is 3. The number of amides is 1. The van der Waals surface area contributed by atoms with E-state index in [1.807, 2.05) is 0 Å². The smallest absolute Gasteiger partial charge is 0.308 e. The van der Waals surface area contributed by atoms with Gasteiger partial charge in [-0.3, -0.25) is 24.5 Å². The molecule has 9 heteroatoms. The predicted molar refractivity (Wildman–Crippen MR) is 126 cm³/mol. The van der Waals surface area contributed by atoms with Crippen molar-refractivity contribution in [3.8, 4) is 5.75 Å². The van der Waals surface area contributed by atoms with Gasteiger partial charge < -0.3 is 10.1 Å². The van der Waals surface area contributed by atoms with Crippen molar-refractivity contribution >= 4 is 34.9 Å². The topological polar surface area (TPSA) is 116 Å². The van der Waals surface area contributed by atoms with Gasteiger partial charge in [0.25, 0.3) is 5.69 Å². The zero-order valence-corrected chi connectivity index (χ0v) is 19.0. The summed E-state index contributed by atoms with van der Waals surface area (Å²) in [4.78, 5) is 47.3. The van der Waals surface area contributed by atoms with Gasteiger partial charge in [-0.2, -0.15) is 0 Å². The van der Waals surface area contributed by atoms with Crippen LogP contribution in [0.15, 0.2) is 72.8 Å². The molecular weight excluding hydrogens is 460 g/mol. The molecule has 0 radical (unpaired) electrons. The van der Waals surface area contributed by atoms with Gasteiger partial charge in [0.1, 0.15) is 5.75 Å². The third kappa shape index (κ3) is 6.98. The van der Waals surface area contributed by atoms with Gasteiger partial charge >= 0.3 is 5.97 Å². The predicted octanol–water partition coefficient (Wildman–Crippen LogP) is 4.85. The first-order chi connectivity index (χ1) is 16.2. The van der Waals surface area contributed by atoms with Crippen LogP contribution in [0.1, 0.15) is 40.9 Å². The van der Waals surface area contributed by atoms with E-state index >= 15 is 0 Å². The number of hydrogen-bond acceptors (Lipinski definition) is 6. The van der Waals surface area contributed by atoms with Gasteiger partial charge in [0.05, 0.1) is 17.4 Å². The van der Waals surface area contributed by atoms with Crippen molar-refractivity contribution < 1.29 is 24.0 Å². The number of Topliss-reactive ketones (excluding diaryl/α,β-unsaturated/α-hetero) is 1. The molecule has 0 saturated heterocycles. The summed E-state index contributed by atoms with van der Waals surface area (Å²) in [7, 11) is 0. The minimum atomic E-state index is -0.672. The first-order valence-electron chi connectivity index (χ1n) is 10.3.